The van der Waals surface area contributed by atoms with Crippen LogP contribution in [0.2, 0.25) is 0 Å². The fourth-order valence-electron chi connectivity index (χ4n) is 1.15. The molecule has 0 amide bonds. The molecule has 0 saturated carbocycles. The Morgan fingerprint density at radius 1 is 1.00 bits per heavy atom. The second-order valence-corrected chi connectivity index (χ2v) is 3.59. The number of H-pyrrole nitrogens is 1. The number of fused-ring (bicyclic) bond motifs is 1. The first-order chi connectivity index (χ1) is 6.20. The van der Waals surface area contributed by atoms with Gasteiger partial charge in [0.2, 0.25) is 0 Å². The molecule has 2 rings (SSSR count). The Morgan fingerprint density at radius 3 is 1.95 bits per heavy atom. The summed E-state index contributed by atoms with van der Waals surface area (Å²) in [7, 11) is 0. The van der Waals surface area contributed by atoms with Crippen molar-refractivity contribution in [2.24, 2.45) is 0 Å². The molecule has 0 fully saturated rings. The van der Waals surface area contributed by atoms with Crippen LogP contribution in [0.1, 0.15) is 11.1 Å². The van der Waals surface area contributed by atoms with Crippen molar-refractivity contribution in [3.05, 3.63) is 29.5 Å². The van der Waals surface area contributed by atoms with E-state index in [1.165, 1.54) is 11.8 Å². The minimum absolute atomic E-state index is 0. The predicted octanol–water partition coefficient (Wildman–Crippen LogP) is 2.65. The maximum absolute atomic E-state index is 4.29. The summed E-state index contributed by atoms with van der Waals surface area (Å²) in [6.45, 7) is 4.03. The molecule has 0 aliphatic rings. The average molecular weight is 818 g/mol. The summed E-state index contributed by atoms with van der Waals surface area (Å²) in [6.07, 6.45) is 3.69. The minimum atomic E-state index is 0. The van der Waals surface area contributed by atoms with E-state index in [-0.39, 0.29) is 185 Å². The monoisotopic (exact) mass is 818 g/mol. The number of thioether (sulfide) groups is 1. The van der Waals surface area contributed by atoms with Gasteiger partial charge in [-0.1, -0.05) is 0 Å². The Labute approximate surface area is 259 Å². The van der Waals surface area contributed by atoms with Crippen molar-refractivity contribution in [1.82, 2.24) is 9.97 Å². The van der Waals surface area contributed by atoms with Gasteiger partial charge in [0, 0.05) is 185 Å². The fraction of sp³-hybridized carbons (Fsp3) is 0.200. The summed E-state index contributed by atoms with van der Waals surface area (Å²) in [5.74, 6) is 0. The van der Waals surface area contributed by atoms with Gasteiger partial charge in [0.15, 0.2) is 0 Å². The molecule has 1 N–H and O–H groups in total. The van der Waals surface area contributed by atoms with E-state index in [9.17, 15) is 0 Å². The second-order valence-electron chi connectivity index (χ2n) is 2.91. The summed E-state index contributed by atoms with van der Waals surface area (Å²) in [5, 5.41) is 0.812. The van der Waals surface area contributed by atoms with Crippen molar-refractivity contribution in [3.63, 3.8) is 0 Å². The Balaban J connectivity index is -0.000000109. The Bertz CT molecular complexity index is 427. The molecule has 0 spiro atoms. The van der Waals surface area contributed by atoms with Gasteiger partial charge in [-0.15, -0.1) is 19.4 Å². The van der Waals surface area contributed by atoms with Gasteiger partial charge >= 0.3 is 0 Å². The zero-order chi connectivity index (χ0) is 9.42. The number of nitrogens with zero attached hydrogens (tertiary/aromatic N) is 1. The van der Waals surface area contributed by atoms with Crippen LogP contribution in [0, 0.1) is 32.2 Å². The number of hydrogen-bond donors (Lipinski definition) is 1. The summed E-state index contributed by atoms with van der Waals surface area (Å²) < 4.78 is 0. The van der Waals surface area contributed by atoms with Gasteiger partial charge in [-0.25, -0.2) is 0 Å². The molecule has 0 saturated heterocycles. The molecule has 19 heavy (non-hydrogen) atoms. The number of nitrogens with one attached hydrogen (secondary N) is 1. The fourth-order valence-corrected chi connectivity index (χ4v) is 1.48. The average Bonchev–Trinajstić information content (AvgIpc) is 2.48. The van der Waals surface area contributed by atoms with Crippen LogP contribution < -0.4 is 0 Å². The third-order valence-corrected chi connectivity index (χ3v) is 2.47. The molecule has 0 unspecified atom stereocenters. The van der Waals surface area contributed by atoms with E-state index in [1.807, 2.05) is 13.8 Å². The molecule has 0 atom stereocenters. The largest absolute Gasteiger partial charge is 0.412 e. The van der Waals surface area contributed by atoms with Crippen LogP contribution in [0.3, 0.4) is 0 Å². The van der Waals surface area contributed by atoms with Gasteiger partial charge in [-0.05, 0) is 0 Å². The maximum atomic E-state index is 4.29. The Kier molecular flexibility index (Phi) is 33.6. The molecule has 89 valence electrons. The molecule has 0 aliphatic heterocycles. The molecule has 0 aliphatic carbocycles. The molecular weight excluding hydrogens is 809 g/mol. The van der Waals surface area contributed by atoms with E-state index in [2.05, 4.69) is 28.4 Å². The van der Waals surface area contributed by atoms with Crippen LogP contribution in [0.25, 0.3) is 11.0 Å². The molecule has 2 nitrogen and oxygen atoms in total. The quantitative estimate of drug-likeness (QED) is 0.355. The van der Waals surface area contributed by atoms with Crippen LogP contribution in [0.4, 0.5) is 0 Å². The summed E-state index contributed by atoms with van der Waals surface area (Å²) in [6, 6.07) is 6.42. The minimum Gasteiger partial charge on any atom is -0.412 e. The van der Waals surface area contributed by atoms with Crippen molar-refractivity contribution in [2.45, 2.75) is 19.0 Å². The Hall–Kier alpha value is 5.25. The molecule has 9 heteroatoms. The SMILES string of the molecule is [CH2-]Sc1nc2[c-]c(C)c(C)[c-]c2[nH]1.[W].[Y].[Y].[Y].[Y].[Y]. The summed E-state index contributed by atoms with van der Waals surface area (Å²) >= 11 is 1.35. The summed E-state index contributed by atoms with van der Waals surface area (Å²) in [4.78, 5) is 7.41. The van der Waals surface area contributed by atoms with Gasteiger partial charge in [0.25, 0.3) is 0 Å². The van der Waals surface area contributed by atoms with E-state index in [4.69, 9.17) is 0 Å². The first-order valence-corrected chi connectivity index (χ1v) is 4.93. The van der Waals surface area contributed by atoms with Gasteiger partial charge in [0.05, 0.1) is 0 Å². The molecule has 1 heterocycles. The molecule has 2 aromatic rings. The van der Waals surface area contributed by atoms with Crippen LogP contribution in [-0.2, 0) is 185 Å². The first kappa shape index (κ1) is 35.4. The van der Waals surface area contributed by atoms with Crippen molar-refractivity contribution in [3.8, 4) is 0 Å². The van der Waals surface area contributed by atoms with E-state index < -0.39 is 0 Å². The first-order valence-electron chi connectivity index (χ1n) is 3.94. The smallest absolute Gasteiger partial charge is 0.106 e. The van der Waals surface area contributed by atoms with Gasteiger partial charge in [0.1, 0.15) is 5.16 Å². The summed E-state index contributed by atoms with van der Waals surface area (Å²) in [5.41, 5.74) is 3.96. The number of hydrogen-bond acceptors (Lipinski definition) is 2. The van der Waals surface area contributed by atoms with Crippen molar-refractivity contribution >= 4 is 22.8 Å². The zero-order valence-corrected chi connectivity index (χ0v) is 28.8. The number of imidazole rings is 1. The second kappa shape index (κ2) is 18.1. The third kappa shape index (κ3) is 10.7. The topological polar surface area (TPSA) is 28.7 Å². The van der Waals surface area contributed by atoms with Crippen molar-refractivity contribution < 1.29 is 185 Å². The van der Waals surface area contributed by atoms with E-state index in [0.717, 1.165) is 27.3 Å². The zero-order valence-electron chi connectivity index (χ0n) is 10.9. The van der Waals surface area contributed by atoms with Crippen LogP contribution >= 0.6 is 11.8 Å². The van der Waals surface area contributed by atoms with Crippen LogP contribution in [-0.4, -0.2) is 9.97 Å². The maximum Gasteiger partial charge on any atom is 0.106 e. The molecule has 0 bridgehead atoms. The standard InChI is InChI=1S/C10H9N2S.W.5Y/c1-6-4-8-9(5-7(6)2)12-10(11-8)13-3;;;;;;/h3H2,1-2H3,(H,11,12);;;;;;/q-3;;;;;;. The number of aryl methyl sites for hydroxylation is 2. The van der Waals surface area contributed by atoms with E-state index >= 15 is 0 Å². The third-order valence-electron chi connectivity index (χ3n) is 2.00. The van der Waals surface area contributed by atoms with E-state index in [0.29, 0.717) is 0 Å². The molecule has 1 aromatic heterocycles. The number of aromatic nitrogens is 2. The van der Waals surface area contributed by atoms with Crippen molar-refractivity contribution in [2.75, 3.05) is 0 Å². The normalized spacial score (nSPS) is 7.53. The number of rotatable bonds is 1. The van der Waals surface area contributed by atoms with Gasteiger partial charge < -0.3 is 9.97 Å². The van der Waals surface area contributed by atoms with Gasteiger partial charge in [-0.3, -0.25) is 41.3 Å². The number of aromatic amines is 1. The van der Waals surface area contributed by atoms with Gasteiger partial charge in [-0.2, -0.15) is 5.52 Å². The molecule has 1 aromatic carbocycles. The van der Waals surface area contributed by atoms with Crippen LogP contribution in [0.15, 0.2) is 5.16 Å². The van der Waals surface area contributed by atoms with Crippen LogP contribution in [0.5, 0.6) is 0 Å². The van der Waals surface area contributed by atoms with Crippen molar-refractivity contribution in [1.29, 1.82) is 0 Å². The molecule has 5 radical (unpaired) electrons. The Morgan fingerprint density at radius 2 is 1.47 bits per heavy atom. The van der Waals surface area contributed by atoms with E-state index in [1.54, 1.807) is 0 Å². The molecular formula is C10H9N2SWY5-3. The predicted molar refractivity (Wildman–Crippen MR) is 54.5 cm³/mol. The number of benzene rings is 1.